The van der Waals surface area contributed by atoms with E-state index in [0.29, 0.717) is 11.7 Å². The molecule has 0 amide bonds. The summed E-state index contributed by atoms with van der Waals surface area (Å²) in [5.41, 5.74) is 6.56. The topological polar surface area (TPSA) is 98.6 Å². The molecule has 1 heterocycles. The molecule has 0 spiro atoms. The van der Waals surface area contributed by atoms with Crippen LogP contribution in [-0.2, 0) is 6.54 Å². The molecule has 20 heavy (non-hydrogen) atoms. The average molecular weight is 389 g/mol. The lowest BCUT2D eigenvalue weighted by Crippen LogP contribution is -2.22. The van der Waals surface area contributed by atoms with Crippen molar-refractivity contribution >= 4 is 35.6 Å². The van der Waals surface area contributed by atoms with Crippen LogP contribution in [0.1, 0.15) is 11.7 Å². The number of benzene rings is 1. The third-order valence-electron chi connectivity index (χ3n) is 2.30. The highest BCUT2D eigenvalue weighted by atomic mass is 127. The predicted octanol–water partition coefficient (Wildman–Crippen LogP) is 1.93. The van der Waals surface area contributed by atoms with Crippen molar-refractivity contribution in [2.75, 3.05) is 12.4 Å². The quantitative estimate of drug-likeness (QED) is 0.471. The van der Waals surface area contributed by atoms with Crippen molar-refractivity contribution in [2.45, 2.75) is 13.5 Å². The highest BCUT2D eigenvalue weighted by molar-refractivity contribution is 14.0. The molecule has 8 heteroatoms. The molecule has 0 aliphatic rings. The summed E-state index contributed by atoms with van der Waals surface area (Å²) in [5.74, 6) is 2.01. The van der Waals surface area contributed by atoms with E-state index in [2.05, 4.69) is 20.4 Å². The first-order valence-corrected chi connectivity index (χ1v) is 5.67. The van der Waals surface area contributed by atoms with Crippen molar-refractivity contribution < 1.29 is 9.26 Å². The number of hydrogen-bond acceptors (Lipinski definition) is 5. The molecule has 0 radical (unpaired) electrons. The first kappa shape index (κ1) is 16.2. The lowest BCUT2D eigenvalue weighted by molar-refractivity contribution is 0.387. The lowest BCUT2D eigenvalue weighted by atomic mass is 10.3. The van der Waals surface area contributed by atoms with Crippen LogP contribution in [0.4, 0.5) is 5.69 Å². The van der Waals surface area contributed by atoms with Gasteiger partial charge in [-0.1, -0.05) is 11.2 Å². The molecule has 2 rings (SSSR count). The van der Waals surface area contributed by atoms with Crippen LogP contribution in [0.25, 0.3) is 0 Å². The van der Waals surface area contributed by atoms with E-state index in [0.717, 1.165) is 11.4 Å². The average Bonchev–Trinajstić information content (AvgIpc) is 2.82. The van der Waals surface area contributed by atoms with Crippen LogP contribution in [0, 0.1) is 6.92 Å². The van der Waals surface area contributed by atoms with E-state index in [1.165, 1.54) is 0 Å². The molecule has 1 aromatic carbocycles. The van der Waals surface area contributed by atoms with Crippen molar-refractivity contribution in [1.29, 1.82) is 0 Å². The SMILES string of the molecule is COc1cccc(NC(N)=NCc2noc(C)n2)c1.I. The molecule has 0 atom stereocenters. The van der Waals surface area contributed by atoms with Crippen LogP contribution >= 0.6 is 24.0 Å². The van der Waals surface area contributed by atoms with Crippen LogP contribution in [0.5, 0.6) is 5.75 Å². The zero-order valence-electron chi connectivity index (χ0n) is 11.2. The second-order valence-corrected chi connectivity index (χ2v) is 3.79. The van der Waals surface area contributed by atoms with Gasteiger partial charge in [0.2, 0.25) is 5.89 Å². The Balaban J connectivity index is 0.00000200. The van der Waals surface area contributed by atoms with Crippen LogP contribution in [0.2, 0.25) is 0 Å². The van der Waals surface area contributed by atoms with Gasteiger partial charge in [-0.2, -0.15) is 4.98 Å². The van der Waals surface area contributed by atoms with E-state index in [-0.39, 0.29) is 36.5 Å². The van der Waals surface area contributed by atoms with E-state index < -0.39 is 0 Å². The summed E-state index contributed by atoms with van der Waals surface area (Å²) in [5, 5.41) is 6.68. The molecule has 3 N–H and O–H groups in total. The van der Waals surface area contributed by atoms with Gasteiger partial charge in [0.25, 0.3) is 0 Å². The van der Waals surface area contributed by atoms with Crippen molar-refractivity contribution in [3.63, 3.8) is 0 Å². The Morgan fingerprint density at radius 1 is 1.50 bits per heavy atom. The van der Waals surface area contributed by atoms with Gasteiger partial charge < -0.3 is 20.3 Å². The number of nitrogens with zero attached hydrogens (tertiary/aromatic N) is 3. The Morgan fingerprint density at radius 3 is 2.95 bits per heavy atom. The molecule has 108 valence electrons. The Kier molecular flexibility index (Phi) is 6.22. The summed E-state index contributed by atoms with van der Waals surface area (Å²) in [6.07, 6.45) is 0. The fraction of sp³-hybridized carbons (Fsp3) is 0.250. The maximum atomic E-state index is 5.76. The van der Waals surface area contributed by atoms with Gasteiger partial charge in [0.05, 0.1) is 7.11 Å². The second-order valence-electron chi connectivity index (χ2n) is 3.79. The fourth-order valence-electron chi connectivity index (χ4n) is 1.45. The normalized spacial score (nSPS) is 10.8. The molecule has 0 bridgehead atoms. The number of anilines is 1. The Morgan fingerprint density at radius 2 is 2.30 bits per heavy atom. The van der Waals surface area contributed by atoms with Crippen LogP contribution in [-0.4, -0.2) is 23.2 Å². The minimum absolute atomic E-state index is 0. The van der Waals surface area contributed by atoms with E-state index in [1.54, 1.807) is 14.0 Å². The maximum absolute atomic E-state index is 5.76. The molecule has 0 unspecified atom stereocenters. The summed E-state index contributed by atoms with van der Waals surface area (Å²) < 4.78 is 9.95. The monoisotopic (exact) mass is 389 g/mol. The largest absolute Gasteiger partial charge is 0.497 e. The molecule has 2 aromatic rings. The Labute approximate surface area is 133 Å². The number of rotatable bonds is 4. The minimum Gasteiger partial charge on any atom is -0.497 e. The van der Waals surface area contributed by atoms with Crippen molar-refractivity contribution in [2.24, 2.45) is 10.7 Å². The molecule has 0 aliphatic heterocycles. The number of guanidine groups is 1. The second kappa shape index (κ2) is 7.68. The molecule has 0 aliphatic carbocycles. The molecule has 7 nitrogen and oxygen atoms in total. The third-order valence-corrected chi connectivity index (χ3v) is 2.30. The van der Waals surface area contributed by atoms with E-state index in [9.17, 15) is 0 Å². The number of nitrogens with one attached hydrogen (secondary N) is 1. The molecule has 1 aromatic heterocycles. The van der Waals surface area contributed by atoms with E-state index in [4.69, 9.17) is 15.0 Å². The number of aryl methyl sites for hydroxylation is 1. The van der Waals surface area contributed by atoms with Crippen molar-refractivity contribution in [3.05, 3.63) is 36.0 Å². The number of aromatic nitrogens is 2. The van der Waals surface area contributed by atoms with E-state index >= 15 is 0 Å². The zero-order chi connectivity index (χ0) is 13.7. The summed E-state index contributed by atoms with van der Waals surface area (Å²) >= 11 is 0. The number of ether oxygens (including phenoxy) is 1. The maximum Gasteiger partial charge on any atom is 0.223 e. The Hall–Kier alpha value is -1.84. The van der Waals surface area contributed by atoms with Crippen LogP contribution < -0.4 is 15.8 Å². The van der Waals surface area contributed by atoms with Gasteiger partial charge in [-0.15, -0.1) is 24.0 Å². The highest BCUT2D eigenvalue weighted by Crippen LogP contribution is 2.16. The Bertz CT molecular complexity index is 585. The summed E-state index contributed by atoms with van der Waals surface area (Å²) in [6.45, 7) is 1.98. The predicted molar refractivity (Wildman–Crippen MR) is 86.4 cm³/mol. The number of hydrogen-bond donors (Lipinski definition) is 2. The lowest BCUT2D eigenvalue weighted by Gasteiger charge is -2.06. The fourth-order valence-corrected chi connectivity index (χ4v) is 1.45. The van der Waals surface area contributed by atoms with Crippen molar-refractivity contribution in [1.82, 2.24) is 10.1 Å². The summed E-state index contributed by atoms with van der Waals surface area (Å²) in [7, 11) is 1.61. The molecule has 0 fully saturated rings. The highest BCUT2D eigenvalue weighted by Gasteiger charge is 2.01. The number of aliphatic imine (C=N–C) groups is 1. The summed E-state index contributed by atoms with van der Waals surface area (Å²) in [6, 6.07) is 7.39. The number of nitrogens with two attached hydrogens (primary N) is 1. The standard InChI is InChI=1S/C12H15N5O2.HI/c1-8-15-11(17-19-8)7-14-12(13)16-9-4-3-5-10(6-9)18-2;/h3-6H,7H2,1-2H3,(H3,13,14,16);1H. The van der Waals surface area contributed by atoms with Crippen molar-refractivity contribution in [3.8, 4) is 5.75 Å². The van der Waals surface area contributed by atoms with Crippen LogP contribution in [0.15, 0.2) is 33.8 Å². The molecule has 0 saturated heterocycles. The summed E-state index contributed by atoms with van der Waals surface area (Å²) in [4.78, 5) is 8.14. The van der Waals surface area contributed by atoms with Gasteiger partial charge in [-0.05, 0) is 12.1 Å². The van der Waals surface area contributed by atoms with Crippen LogP contribution in [0.3, 0.4) is 0 Å². The van der Waals surface area contributed by atoms with Gasteiger partial charge in [0.15, 0.2) is 11.8 Å². The smallest absolute Gasteiger partial charge is 0.223 e. The number of methoxy groups -OCH3 is 1. The first-order chi connectivity index (χ1) is 9.17. The van der Waals surface area contributed by atoms with Gasteiger partial charge in [0.1, 0.15) is 12.3 Å². The molecular weight excluding hydrogens is 373 g/mol. The number of halogens is 1. The van der Waals surface area contributed by atoms with Gasteiger partial charge >= 0.3 is 0 Å². The van der Waals surface area contributed by atoms with Gasteiger partial charge in [-0.3, -0.25) is 0 Å². The van der Waals surface area contributed by atoms with Gasteiger partial charge in [-0.25, -0.2) is 4.99 Å². The zero-order valence-corrected chi connectivity index (χ0v) is 13.5. The molecule has 0 saturated carbocycles. The van der Waals surface area contributed by atoms with Gasteiger partial charge in [0, 0.05) is 18.7 Å². The molecular formula is C12H16IN5O2. The minimum atomic E-state index is 0. The third kappa shape index (κ3) is 4.68. The van der Waals surface area contributed by atoms with E-state index in [1.807, 2.05) is 24.3 Å². The first-order valence-electron chi connectivity index (χ1n) is 5.67.